The van der Waals surface area contributed by atoms with Gasteiger partial charge < -0.3 is 5.32 Å². The van der Waals surface area contributed by atoms with Crippen LogP contribution in [-0.4, -0.2) is 11.9 Å². The van der Waals surface area contributed by atoms with Crippen molar-refractivity contribution in [1.29, 1.82) is 5.26 Å². The van der Waals surface area contributed by atoms with Crippen LogP contribution in [0.1, 0.15) is 58.3 Å². The van der Waals surface area contributed by atoms with Crippen LogP contribution in [0, 0.1) is 34.5 Å². The Kier molecular flexibility index (Phi) is 3.28. The number of carbonyl (C=O) groups is 1. The number of rotatable bonds is 4. The van der Waals surface area contributed by atoms with Crippen LogP contribution in [0.5, 0.6) is 0 Å². The Balaban J connectivity index is 1.55. The van der Waals surface area contributed by atoms with Crippen molar-refractivity contribution in [2.75, 3.05) is 0 Å². The van der Waals surface area contributed by atoms with E-state index in [4.69, 9.17) is 5.26 Å². The number of amides is 1. The third-order valence-electron chi connectivity index (χ3n) is 5.62. The molecule has 1 N–H and O–H groups in total. The minimum Gasteiger partial charge on any atom is -0.341 e. The van der Waals surface area contributed by atoms with Crippen molar-refractivity contribution in [1.82, 2.24) is 5.32 Å². The number of nitrogens with one attached hydrogen (secondary N) is 1. The molecular formula is C16H24N2O. The molecule has 4 rings (SSSR count). The Labute approximate surface area is 115 Å². The first kappa shape index (κ1) is 13.0. The van der Waals surface area contributed by atoms with E-state index in [1.807, 2.05) is 0 Å². The number of hydrogen-bond donors (Lipinski definition) is 1. The lowest BCUT2D eigenvalue weighted by Crippen LogP contribution is -2.46. The van der Waals surface area contributed by atoms with Gasteiger partial charge in [0.05, 0.1) is 6.07 Å². The van der Waals surface area contributed by atoms with E-state index in [1.165, 1.54) is 38.5 Å². The van der Waals surface area contributed by atoms with Gasteiger partial charge >= 0.3 is 0 Å². The second-order valence-electron chi connectivity index (χ2n) is 7.34. The standard InChI is InChI=1S/C16H24N2O/c1-11(10-17)18-15(19)2-3-16-7-12-4-13(8-16)6-14(5-12)9-16/h11-14H,2-9H2,1H3,(H,18,19). The fourth-order valence-corrected chi connectivity index (χ4v) is 5.32. The van der Waals surface area contributed by atoms with Crippen molar-refractivity contribution in [3.05, 3.63) is 0 Å². The van der Waals surface area contributed by atoms with Crippen LogP contribution < -0.4 is 5.32 Å². The molecule has 0 aliphatic heterocycles. The fourth-order valence-electron chi connectivity index (χ4n) is 5.32. The molecule has 0 heterocycles. The minimum absolute atomic E-state index is 0.0600. The number of hydrogen-bond acceptors (Lipinski definition) is 2. The summed E-state index contributed by atoms with van der Waals surface area (Å²) in [6.07, 6.45) is 10.1. The first-order valence-corrected chi connectivity index (χ1v) is 7.77. The SMILES string of the molecule is CC(C#N)NC(=O)CCC12CC3CC(CC(C3)C1)C2. The molecule has 0 aromatic heterocycles. The monoisotopic (exact) mass is 260 g/mol. The molecule has 4 aliphatic rings. The first-order chi connectivity index (χ1) is 9.08. The molecule has 3 heteroatoms. The molecular weight excluding hydrogens is 236 g/mol. The quantitative estimate of drug-likeness (QED) is 0.844. The van der Waals surface area contributed by atoms with Gasteiger partial charge in [-0.1, -0.05) is 0 Å². The van der Waals surface area contributed by atoms with Crippen molar-refractivity contribution in [3.63, 3.8) is 0 Å². The lowest BCUT2D eigenvalue weighted by molar-refractivity contribution is -0.123. The summed E-state index contributed by atoms with van der Waals surface area (Å²) < 4.78 is 0. The second-order valence-corrected chi connectivity index (χ2v) is 7.34. The van der Waals surface area contributed by atoms with Gasteiger partial charge in [-0.25, -0.2) is 0 Å². The van der Waals surface area contributed by atoms with Gasteiger partial charge in [0.2, 0.25) is 5.91 Å². The Morgan fingerprint density at radius 1 is 1.26 bits per heavy atom. The van der Waals surface area contributed by atoms with E-state index in [-0.39, 0.29) is 11.9 Å². The Morgan fingerprint density at radius 3 is 2.26 bits per heavy atom. The van der Waals surface area contributed by atoms with Crippen LogP contribution in [0.4, 0.5) is 0 Å². The number of carbonyl (C=O) groups excluding carboxylic acids is 1. The normalized spacial score (nSPS) is 40.7. The van der Waals surface area contributed by atoms with Crippen molar-refractivity contribution < 1.29 is 4.79 Å². The maximum absolute atomic E-state index is 11.8. The lowest BCUT2D eigenvalue weighted by atomic mass is 9.48. The van der Waals surface area contributed by atoms with Crippen LogP contribution in [0.3, 0.4) is 0 Å². The van der Waals surface area contributed by atoms with Gasteiger partial charge in [-0.15, -0.1) is 0 Å². The summed E-state index contributed by atoms with van der Waals surface area (Å²) in [6, 6.07) is 1.70. The molecule has 1 amide bonds. The van der Waals surface area contributed by atoms with Crippen molar-refractivity contribution in [3.8, 4) is 6.07 Å². The van der Waals surface area contributed by atoms with Gasteiger partial charge in [0.15, 0.2) is 0 Å². The molecule has 0 aromatic rings. The Morgan fingerprint density at radius 2 is 1.79 bits per heavy atom. The van der Waals surface area contributed by atoms with Crippen LogP contribution in [-0.2, 0) is 4.79 Å². The van der Waals surface area contributed by atoms with E-state index in [0.717, 1.165) is 24.2 Å². The van der Waals surface area contributed by atoms with E-state index in [9.17, 15) is 4.79 Å². The largest absolute Gasteiger partial charge is 0.341 e. The molecule has 0 aromatic carbocycles. The number of nitriles is 1. The molecule has 0 radical (unpaired) electrons. The predicted octanol–water partition coefficient (Wildman–Crippen LogP) is 3.01. The van der Waals surface area contributed by atoms with E-state index >= 15 is 0 Å². The minimum atomic E-state index is -0.358. The van der Waals surface area contributed by atoms with Crippen LogP contribution in [0.15, 0.2) is 0 Å². The summed E-state index contributed by atoms with van der Waals surface area (Å²) in [5.74, 6) is 2.91. The summed E-state index contributed by atoms with van der Waals surface area (Å²) in [5, 5.41) is 11.5. The highest BCUT2D eigenvalue weighted by molar-refractivity contribution is 5.76. The third-order valence-corrected chi connectivity index (χ3v) is 5.62. The Bertz CT molecular complexity index is 374. The van der Waals surface area contributed by atoms with Gasteiger partial charge in [0.1, 0.15) is 6.04 Å². The highest BCUT2D eigenvalue weighted by Gasteiger charge is 2.50. The van der Waals surface area contributed by atoms with Crippen molar-refractivity contribution >= 4 is 5.91 Å². The van der Waals surface area contributed by atoms with Crippen molar-refractivity contribution in [2.45, 2.75) is 64.3 Å². The predicted molar refractivity (Wildman–Crippen MR) is 73.1 cm³/mol. The fraction of sp³-hybridized carbons (Fsp3) is 0.875. The van der Waals surface area contributed by atoms with Crippen LogP contribution in [0.25, 0.3) is 0 Å². The Hall–Kier alpha value is -1.04. The van der Waals surface area contributed by atoms with E-state index in [1.54, 1.807) is 6.92 Å². The van der Waals surface area contributed by atoms with Crippen LogP contribution in [0.2, 0.25) is 0 Å². The lowest BCUT2D eigenvalue weighted by Gasteiger charge is -2.57. The molecule has 104 valence electrons. The zero-order valence-corrected chi connectivity index (χ0v) is 11.8. The maximum Gasteiger partial charge on any atom is 0.221 e. The molecule has 1 unspecified atom stereocenters. The van der Waals surface area contributed by atoms with E-state index < -0.39 is 0 Å². The van der Waals surface area contributed by atoms with Gasteiger partial charge in [0, 0.05) is 6.42 Å². The second kappa shape index (κ2) is 4.81. The summed E-state index contributed by atoms with van der Waals surface area (Å²) >= 11 is 0. The maximum atomic E-state index is 11.8. The average Bonchev–Trinajstić information content (AvgIpc) is 2.35. The van der Waals surface area contributed by atoms with Gasteiger partial charge in [-0.2, -0.15) is 5.26 Å². The van der Waals surface area contributed by atoms with Crippen LogP contribution >= 0.6 is 0 Å². The van der Waals surface area contributed by atoms with E-state index in [2.05, 4.69) is 11.4 Å². The number of nitrogens with zero attached hydrogens (tertiary/aromatic N) is 1. The zero-order chi connectivity index (χ0) is 13.5. The molecule has 0 spiro atoms. The van der Waals surface area contributed by atoms with Gasteiger partial charge in [-0.05, 0) is 75.0 Å². The molecule has 19 heavy (non-hydrogen) atoms. The summed E-state index contributed by atoms with van der Waals surface area (Å²) in [7, 11) is 0. The third kappa shape index (κ3) is 2.63. The molecule has 0 saturated heterocycles. The molecule has 3 nitrogen and oxygen atoms in total. The van der Waals surface area contributed by atoms with Gasteiger partial charge in [-0.3, -0.25) is 4.79 Å². The highest BCUT2D eigenvalue weighted by Crippen LogP contribution is 2.61. The summed E-state index contributed by atoms with van der Waals surface area (Å²) in [6.45, 7) is 1.74. The molecule has 4 saturated carbocycles. The zero-order valence-electron chi connectivity index (χ0n) is 11.8. The average molecular weight is 260 g/mol. The van der Waals surface area contributed by atoms with E-state index in [0.29, 0.717) is 11.8 Å². The van der Waals surface area contributed by atoms with Crippen molar-refractivity contribution in [2.24, 2.45) is 23.2 Å². The topological polar surface area (TPSA) is 52.9 Å². The molecule has 4 fully saturated rings. The van der Waals surface area contributed by atoms with Gasteiger partial charge in [0.25, 0.3) is 0 Å². The summed E-state index contributed by atoms with van der Waals surface area (Å²) in [5.41, 5.74) is 0.474. The highest BCUT2D eigenvalue weighted by atomic mass is 16.1. The molecule has 4 aliphatic carbocycles. The smallest absolute Gasteiger partial charge is 0.221 e. The molecule has 4 bridgehead atoms. The summed E-state index contributed by atoms with van der Waals surface area (Å²) in [4.78, 5) is 11.8. The first-order valence-electron chi connectivity index (χ1n) is 7.77. The molecule has 1 atom stereocenters.